The lowest BCUT2D eigenvalue weighted by atomic mass is 10.2. The monoisotopic (exact) mass is 396 g/mol. The van der Waals surface area contributed by atoms with Crippen molar-refractivity contribution in [2.75, 3.05) is 5.32 Å². The third-order valence-electron chi connectivity index (χ3n) is 4.12. The van der Waals surface area contributed by atoms with Gasteiger partial charge in [0.2, 0.25) is 5.88 Å². The van der Waals surface area contributed by atoms with E-state index in [1.165, 1.54) is 25.4 Å². The summed E-state index contributed by atoms with van der Waals surface area (Å²) in [6.45, 7) is 1.86. The largest absolute Gasteiger partial charge is 0.439 e. The summed E-state index contributed by atoms with van der Waals surface area (Å²) < 4.78 is 7.55. The maximum Gasteiger partial charge on any atom is 0.333 e. The van der Waals surface area contributed by atoms with E-state index in [0.29, 0.717) is 16.3 Å². The van der Waals surface area contributed by atoms with Crippen LogP contribution >= 0.6 is 11.3 Å². The molecule has 1 aromatic carbocycles. The minimum Gasteiger partial charge on any atom is -0.439 e. The van der Waals surface area contributed by atoms with Crippen LogP contribution < -0.4 is 21.3 Å². The Bertz CT molecular complexity index is 1210. The van der Waals surface area contributed by atoms with Crippen LogP contribution in [0.5, 0.6) is 11.6 Å². The third-order valence-corrected chi connectivity index (χ3v) is 5.13. The molecule has 0 aliphatic carbocycles. The van der Waals surface area contributed by atoms with Gasteiger partial charge in [0.1, 0.15) is 11.8 Å². The van der Waals surface area contributed by atoms with Crippen LogP contribution in [0, 0.1) is 18.3 Å². The fraction of sp³-hybridized carbons (Fsp3) is 0.158. The zero-order valence-electron chi connectivity index (χ0n) is 15.3. The van der Waals surface area contributed by atoms with Gasteiger partial charge in [0.25, 0.3) is 11.5 Å². The number of amides is 1. The Labute approximate surface area is 163 Å². The van der Waals surface area contributed by atoms with Crippen molar-refractivity contribution in [2.24, 2.45) is 14.1 Å². The quantitative estimate of drug-likeness (QED) is 0.729. The number of hydrogen-bond acceptors (Lipinski definition) is 6. The molecule has 0 atom stereocenters. The summed E-state index contributed by atoms with van der Waals surface area (Å²) in [5.41, 5.74) is -0.137. The van der Waals surface area contributed by atoms with Crippen LogP contribution in [0.2, 0.25) is 0 Å². The van der Waals surface area contributed by atoms with Crippen LogP contribution in [0.1, 0.15) is 20.8 Å². The second-order valence-electron chi connectivity index (χ2n) is 6.01. The van der Waals surface area contributed by atoms with Crippen LogP contribution in [0.15, 0.2) is 45.3 Å². The van der Waals surface area contributed by atoms with Crippen LogP contribution in [0.4, 0.5) is 5.69 Å². The fourth-order valence-electron chi connectivity index (χ4n) is 2.55. The molecular weight excluding hydrogens is 380 g/mol. The molecule has 0 fully saturated rings. The highest BCUT2D eigenvalue weighted by atomic mass is 32.1. The number of aromatic nitrogens is 2. The van der Waals surface area contributed by atoms with E-state index >= 15 is 0 Å². The highest BCUT2D eigenvalue weighted by Gasteiger charge is 2.17. The van der Waals surface area contributed by atoms with Gasteiger partial charge < -0.3 is 10.1 Å². The molecule has 0 unspecified atom stereocenters. The van der Waals surface area contributed by atoms with E-state index in [2.05, 4.69) is 5.32 Å². The van der Waals surface area contributed by atoms with Crippen molar-refractivity contribution in [3.05, 3.63) is 72.6 Å². The molecule has 28 heavy (non-hydrogen) atoms. The molecule has 0 spiro atoms. The minimum atomic E-state index is -0.726. The third kappa shape index (κ3) is 3.45. The fourth-order valence-corrected chi connectivity index (χ4v) is 3.37. The summed E-state index contributed by atoms with van der Waals surface area (Å²) in [6, 6.07) is 10.0. The normalized spacial score (nSPS) is 10.4. The van der Waals surface area contributed by atoms with Crippen LogP contribution in [-0.2, 0) is 14.1 Å². The lowest BCUT2D eigenvalue weighted by Crippen LogP contribution is -2.38. The predicted octanol–water partition coefficient (Wildman–Crippen LogP) is 2.37. The SMILES string of the molecule is Cc1ccsc1C(=O)Nc1ccc(Oc2c(C#N)c(=O)n(C)c(=O)n2C)cc1. The van der Waals surface area contributed by atoms with Crippen molar-refractivity contribution in [1.82, 2.24) is 9.13 Å². The van der Waals surface area contributed by atoms with Crippen LogP contribution in [0.3, 0.4) is 0 Å². The molecule has 0 bridgehead atoms. The lowest BCUT2D eigenvalue weighted by Gasteiger charge is -2.13. The summed E-state index contributed by atoms with van der Waals surface area (Å²) in [5, 5.41) is 13.9. The van der Waals surface area contributed by atoms with E-state index in [4.69, 9.17) is 4.74 Å². The first-order valence-corrected chi connectivity index (χ1v) is 9.05. The molecule has 0 saturated heterocycles. The van der Waals surface area contributed by atoms with Crippen molar-refractivity contribution < 1.29 is 9.53 Å². The molecule has 1 N–H and O–H groups in total. The van der Waals surface area contributed by atoms with Gasteiger partial charge in [0.05, 0.1) is 4.88 Å². The van der Waals surface area contributed by atoms with Gasteiger partial charge in [-0.15, -0.1) is 11.3 Å². The summed E-state index contributed by atoms with van der Waals surface area (Å²) in [6.07, 6.45) is 0. The molecule has 1 amide bonds. The topological polar surface area (TPSA) is 106 Å². The number of anilines is 1. The van der Waals surface area contributed by atoms with E-state index in [9.17, 15) is 19.6 Å². The maximum atomic E-state index is 12.3. The molecule has 0 saturated carbocycles. The van der Waals surface area contributed by atoms with E-state index in [1.807, 2.05) is 18.4 Å². The standard InChI is InChI=1S/C19H16N4O4S/c1-11-8-9-28-15(11)16(24)21-12-4-6-13(7-5-12)27-18-14(10-20)17(25)22(2)19(26)23(18)3/h4-9H,1-3H3,(H,21,24). The van der Waals surface area contributed by atoms with Gasteiger partial charge in [0.15, 0.2) is 5.56 Å². The average molecular weight is 396 g/mol. The number of aryl methyl sites for hydroxylation is 1. The van der Waals surface area contributed by atoms with Gasteiger partial charge in [-0.2, -0.15) is 5.26 Å². The Balaban J connectivity index is 1.85. The molecular formula is C19H16N4O4S. The van der Waals surface area contributed by atoms with Gasteiger partial charge >= 0.3 is 5.69 Å². The smallest absolute Gasteiger partial charge is 0.333 e. The molecule has 0 radical (unpaired) electrons. The van der Waals surface area contributed by atoms with Gasteiger partial charge in [-0.3, -0.25) is 18.7 Å². The van der Waals surface area contributed by atoms with Crippen molar-refractivity contribution in [3.63, 3.8) is 0 Å². The Kier molecular flexibility index (Phi) is 5.15. The number of carbonyl (C=O) groups is 1. The second kappa shape index (κ2) is 7.54. The summed E-state index contributed by atoms with van der Waals surface area (Å²) in [4.78, 5) is 37.1. The Morgan fingerprint density at radius 1 is 1.14 bits per heavy atom. The molecule has 3 aromatic rings. The Morgan fingerprint density at radius 3 is 2.39 bits per heavy atom. The molecule has 0 aliphatic heterocycles. The van der Waals surface area contributed by atoms with Gasteiger partial charge in [-0.25, -0.2) is 4.79 Å². The summed E-state index contributed by atoms with van der Waals surface area (Å²) in [7, 11) is 2.71. The number of thiophene rings is 1. The lowest BCUT2D eigenvalue weighted by molar-refractivity contribution is 0.103. The first kappa shape index (κ1) is 19.1. The first-order valence-electron chi connectivity index (χ1n) is 8.17. The number of hydrogen-bond donors (Lipinski definition) is 1. The number of rotatable bonds is 4. The average Bonchev–Trinajstić information content (AvgIpc) is 3.12. The molecule has 9 heteroatoms. The van der Waals surface area contributed by atoms with Crippen molar-refractivity contribution >= 4 is 22.9 Å². The number of nitrogens with one attached hydrogen (secondary N) is 1. The van der Waals surface area contributed by atoms with E-state index in [-0.39, 0.29) is 17.4 Å². The first-order chi connectivity index (χ1) is 13.3. The second-order valence-corrected chi connectivity index (χ2v) is 6.93. The van der Waals surface area contributed by atoms with Crippen molar-refractivity contribution in [3.8, 4) is 17.7 Å². The van der Waals surface area contributed by atoms with Crippen molar-refractivity contribution in [2.45, 2.75) is 6.92 Å². The molecule has 2 aromatic heterocycles. The highest BCUT2D eigenvalue weighted by molar-refractivity contribution is 7.12. The van der Waals surface area contributed by atoms with Gasteiger partial charge in [0, 0.05) is 19.8 Å². The van der Waals surface area contributed by atoms with E-state index in [0.717, 1.165) is 14.7 Å². The molecule has 8 nitrogen and oxygen atoms in total. The Hall–Kier alpha value is -3.64. The Morgan fingerprint density at radius 2 is 1.82 bits per heavy atom. The number of nitriles is 1. The number of benzene rings is 1. The predicted molar refractivity (Wildman–Crippen MR) is 105 cm³/mol. The molecule has 0 aliphatic rings. The maximum absolute atomic E-state index is 12.3. The number of nitrogens with zero attached hydrogens (tertiary/aromatic N) is 3. The van der Waals surface area contributed by atoms with Crippen molar-refractivity contribution in [1.29, 1.82) is 5.26 Å². The van der Waals surface area contributed by atoms with Gasteiger partial charge in [-0.05, 0) is 48.2 Å². The van der Waals surface area contributed by atoms with E-state index in [1.54, 1.807) is 30.3 Å². The summed E-state index contributed by atoms with van der Waals surface area (Å²) >= 11 is 1.36. The molecule has 2 heterocycles. The van der Waals surface area contributed by atoms with Crippen LogP contribution in [-0.4, -0.2) is 15.0 Å². The zero-order chi connectivity index (χ0) is 20.4. The molecule has 142 valence electrons. The molecule has 3 rings (SSSR count). The number of ether oxygens (including phenoxy) is 1. The minimum absolute atomic E-state index is 0.137. The van der Waals surface area contributed by atoms with Crippen LogP contribution in [0.25, 0.3) is 0 Å². The van der Waals surface area contributed by atoms with Gasteiger partial charge in [-0.1, -0.05) is 0 Å². The zero-order valence-corrected chi connectivity index (χ0v) is 16.2. The highest BCUT2D eigenvalue weighted by Crippen LogP contribution is 2.24. The van der Waals surface area contributed by atoms with E-state index < -0.39 is 11.2 Å². The summed E-state index contributed by atoms with van der Waals surface area (Å²) in [5.74, 6) is -0.0338. The number of carbonyl (C=O) groups excluding carboxylic acids is 1.